The molecule has 1 fully saturated rings. The lowest BCUT2D eigenvalue weighted by Crippen LogP contribution is -2.36. The Labute approximate surface area is 156 Å². The summed E-state index contributed by atoms with van der Waals surface area (Å²) in [5.74, 6) is 0.0865. The molecule has 0 saturated carbocycles. The van der Waals surface area contributed by atoms with Gasteiger partial charge in [-0.05, 0) is 39.5 Å². The van der Waals surface area contributed by atoms with Crippen LogP contribution in [0.4, 0.5) is 5.69 Å². The van der Waals surface area contributed by atoms with Gasteiger partial charge in [-0.3, -0.25) is 9.89 Å². The Kier molecular flexibility index (Phi) is 5.75. The van der Waals surface area contributed by atoms with Crippen LogP contribution in [0, 0.1) is 0 Å². The van der Waals surface area contributed by atoms with E-state index in [0.29, 0.717) is 12.2 Å². The first-order chi connectivity index (χ1) is 12.1. The first-order valence-corrected chi connectivity index (χ1v) is 9.29. The van der Waals surface area contributed by atoms with Gasteiger partial charge in [0.15, 0.2) is 5.69 Å². The Morgan fingerprint density at radius 3 is 2.60 bits per heavy atom. The zero-order chi connectivity index (χ0) is 17.8. The van der Waals surface area contributed by atoms with Gasteiger partial charge in [-0.15, -0.1) is 0 Å². The van der Waals surface area contributed by atoms with Gasteiger partial charge in [0.1, 0.15) is 0 Å². The van der Waals surface area contributed by atoms with Crippen molar-refractivity contribution in [3.05, 3.63) is 45.7 Å². The van der Waals surface area contributed by atoms with Crippen molar-refractivity contribution in [2.24, 2.45) is 0 Å². The number of carbonyl (C=O) groups excluding carboxylic acids is 1. The quantitative estimate of drug-likeness (QED) is 0.800. The Morgan fingerprint density at radius 2 is 2.00 bits per heavy atom. The van der Waals surface area contributed by atoms with Crippen LogP contribution in [0.25, 0.3) is 0 Å². The number of amides is 1. The number of anilines is 1. The van der Waals surface area contributed by atoms with E-state index >= 15 is 0 Å². The highest BCUT2D eigenvalue weighted by molar-refractivity contribution is 9.10. The first kappa shape index (κ1) is 17.9. The van der Waals surface area contributed by atoms with Crippen LogP contribution < -0.4 is 10.2 Å². The van der Waals surface area contributed by atoms with E-state index < -0.39 is 0 Å². The summed E-state index contributed by atoms with van der Waals surface area (Å²) in [6, 6.07) is 8.27. The van der Waals surface area contributed by atoms with Gasteiger partial charge in [0.2, 0.25) is 0 Å². The van der Waals surface area contributed by atoms with Gasteiger partial charge < -0.3 is 15.0 Å². The number of hydrogen-bond donors (Lipinski definition) is 2. The fourth-order valence-corrected chi connectivity index (χ4v) is 3.60. The molecule has 6 nitrogen and oxygen atoms in total. The van der Waals surface area contributed by atoms with Crippen molar-refractivity contribution in [3.8, 4) is 0 Å². The molecular formula is C18H23BrN4O2. The summed E-state index contributed by atoms with van der Waals surface area (Å²) in [6.45, 7) is 7.96. The molecule has 0 unspecified atom stereocenters. The van der Waals surface area contributed by atoms with Crippen molar-refractivity contribution in [2.75, 3.05) is 31.2 Å². The third kappa shape index (κ3) is 4.22. The molecule has 2 heterocycles. The number of ether oxygens (including phenoxy) is 1. The van der Waals surface area contributed by atoms with E-state index in [1.807, 2.05) is 12.1 Å². The lowest BCUT2D eigenvalue weighted by molar-refractivity contribution is 0.0945. The molecule has 1 aliphatic heterocycles. The molecule has 2 N–H and O–H groups in total. The molecule has 0 atom stereocenters. The largest absolute Gasteiger partial charge is 0.378 e. The second-order valence-corrected chi connectivity index (χ2v) is 7.20. The summed E-state index contributed by atoms with van der Waals surface area (Å²) in [6.07, 6.45) is 0. The Morgan fingerprint density at radius 1 is 1.32 bits per heavy atom. The van der Waals surface area contributed by atoms with Gasteiger partial charge in [-0.1, -0.05) is 26.0 Å². The number of H-pyrrole nitrogens is 1. The molecule has 0 bridgehead atoms. The van der Waals surface area contributed by atoms with Crippen LogP contribution >= 0.6 is 15.9 Å². The van der Waals surface area contributed by atoms with Crippen molar-refractivity contribution in [2.45, 2.75) is 26.3 Å². The van der Waals surface area contributed by atoms with E-state index in [1.165, 1.54) is 5.69 Å². The minimum Gasteiger partial charge on any atom is -0.378 e. The maximum absolute atomic E-state index is 12.3. The second kappa shape index (κ2) is 8.01. The Hall–Kier alpha value is -1.86. The summed E-state index contributed by atoms with van der Waals surface area (Å²) in [5, 5.41) is 9.97. The highest BCUT2D eigenvalue weighted by atomic mass is 79.9. The number of aromatic nitrogens is 2. The van der Waals surface area contributed by atoms with Gasteiger partial charge in [-0.2, -0.15) is 5.10 Å². The predicted molar refractivity (Wildman–Crippen MR) is 101 cm³/mol. The molecule has 25 heavy (non-hydrogen) atoms. The van der Waals surface area contributed by atoms with Crippen molar-refractivity contribution >= 4 is 27.5 Å². The molecule has 0 spiro atoms. The number of nitrogens with zero attached hydrogens (tertiary/aromatic N) is 2. The monoisotopic (exact) mass is 406 g/mol. The number of morpholine rings is 1. The van der Waals surface area contributed by atoms with Crippen LogP contribution in [0.5, 0.6) is 0 Å². The SMILES string of the molecule is CC(C)c1[nH]nc(C(=O)NCc2ccc(N3CCOCC3)cc2)c1Br. The topological polar surface area (TPSA) is 70.2 Å². The lowest BCUT2D eigenvalue weighted by atomic mass is 10.1. The van der Waals surface area contributed by atoms with E-state index in [1.54, 1.807) is 0 Å². The number of carbonyl (C=O) groups is 1. The van der Waals surface area contributed by atoms with Crippen molar-refractivity contribution in [1.82, 2.24) is 15.5 Å². The zero-order valence-corrected chi connectivity index (χ0v) is 16.1. The van der Waals surface area contributed by atoms with Crippen molar-refractivity contribution < 1.29 is 9.53 Å². The summed E-state index contributed by atoms with van der Waals surface area (Å²) in [4.78, 5) is 14.6. The smallest absolute Gasteiger partial charge is 0.273 e. The van der Waals surface area contributed by atoms with E-state index in [4.69, 9.17) is 4.74 Å². The summed E-state index contributed by atoms with van der Waals surface area (Å²) < 4.78 is 6.12. The molecule has 134 valence electrons. The summed E-state index contributed by atoms with van der Waals surface area (Å²) >= 11 is 3.46. The molecule has 2 aromatic rings. The highest BCUT2D eigenvalue weighted by Crippen LogP contribution is 2.25. The number of rotatable bonds is 5. The number of halogens is 1. The van der Waals surface area contributed by atoms with E-state index in [9.17, 15) is 4.79 Å². The maximum atomic E-state index is 12.3. The van der Waals surface area contributed by atoms with Gasteiger partial charge in [0, 0.05) is 25.3 Å². The van der Waals surface area contributed by atoms with Gasteiger partial charge in [-0.25, -0.2) is 0 Å². The maximum Gasteiger partial charge on any atom is 0.273 e. The fraction of sp³-hybridized carbons (Fsp3) is 0.444. The van der Waals surface area contributed by atoms with Gasteiger partial charge in [0.05, 0.1) is 23.4 Å². The van der Waals surface area contributed by atoms with Crippen molar-refractivity contribution in [3.63, 3.8) is 0 Å². The summed E-state index contributed by atoms with van der Waals surface area (Å²) in [5.41, 5.74) is 3.57. The standard InChI is InChI=1S/C18H23BrN4O2/c1-12(2)16-15(19)17(22-21-16)18(24)20-11-13-3-5-14(6-4-13)23-7-9-25-10-8-23/h3-6,12H,7-11H2,1-2H3,(H,20,24)(H,21,22). The highest BCUT2D eigenvalue weighted by Gasteiger charge is 2.19. The average Bonchev–Trinajstić information content (AvgIpc) is 3.03. The normalized spacial score (nSPS) is 14.8. The molecule has 7 heteroatoms. The van der Waals surface area contributed by atoms with Crippen LogP contribution in [-0.2, 0) is 11.3 Å². The van der Waals surface area contributed by atoms with E-state index in [2.05, 4.69) is 62.3 Å². The van der Waals surface area contributed by atoms with Crippen LogP contribution in [0.1, 0.15) is 41.5 Å². The molecule has 0 radical (unpaired) electrons. The molecule has 1 saturated heterocycles. The van der Waals surface area contributed by atoms with Crippen LogP contribution in [0.3, 0.4) is 0 Å². The molecular weight excluding hydrogens is 384 g/mol. The third-order valence-electron chi connectivity index (χ3n) is 4.29. The number of hydrogen-bond acceptors (Lipinski definition) is 4. The Balaban J connectivity index is 1.58. The van der Waals surface area contributed by atoms with E-state index in [0.717, 1.165) is 42.0 Å². The molecule has 3 rings (SSSR count). The van der Waals surface area contributed by atoms with Crippen LogP contribution in [-0.4, -0.2) is 42.4 Å². The van der Waals surface area contributed by atoms with Crippen molar-refractivity contribution in [1.29, 1.82) is 0 Å². The number of benzene rings is 1. The minimum atomic E-state index is -0.188. The van der Waals surface area contributed by atoms with E-state index in [-0.39, 0.29) is 11.8 Å². The second-order valence-electron chi connectivity index (χ2n) is 6.40. The fourth-order valence-electron chi connectivity index (χ4n) is 2.79. The minimum absolute atomic E-state index is 0.188. The summed E-state index contributed by atoms with van der Waals surface area (Å²) in [7, 11) is 0. The number of aromatic amines is 1. The Bertz CT molecular complexity index is 721. The van der Waals surface area contributed by atoms with Crippen LogP contribution in [0.2, 0.25) is 0 Å². The average molecular weight is 407 g/mol. The third-order valence-corrected chi connectivity index (χ3v) is 5.09. The van der Waals surface area contributed by atoms with Gasteiger partial charge in [0.25, 0.3) is 5.91 Å². The zero-order valence-electron chi connectivity index (χ0n) is 14.5. The number of nitrogens with one attached hydrogen (secondary N) is 2. The molecule has 1 aromatic heterocycles. The molecule has 1 amide bonds. The molecule has 1 aromatic carbocycles. The molecule has 1 aliphatic rings. The lowest BCUT2D eigenvalue weighted by Gasteiger charge is -2.28. The predicted octanol–water partition coefficient (Wildman–Crippen LogP) is 3.06. The first-order valence-electron chi connectivity index (χ1n) is 8.50. The molecule has 0 aliphatic carbocycles. The van der Waals surface area contributed by atoms with Gasteiger partial charge >= 0.3 is 0 Å². The van der Waals surface area contributed by atoms with Crippen LogP contribution in [0.15, 0.2) is 28.7 Å².